The maximum atomic E-state index is 11.2. The highest BCUT2D eigenvalue weighted by Gasteiger charge is 2.25. The van der Waals surface area contributed by atoms with Gasteiger partial charge in [0.05, 0.1) is 4.92 Å². The fourth-order valence-corrected chi connectivity index (χ4v) is 3.21. The molecule has 1 rings (SSSR count). The van der Waals surface area contributed by atoms with Crippen LogP contribution in [0, 0.1) is 23.0 Å². The SMILES string of the molecule is Cc1cc(SC(C(=O)O)C(C)C)c(Br)cc1[N+](=O)[O-]. The molecule has 0 saturated heterocycles. The summed E-state index contributed by atoms with van der Waals surface area (Å²) in [4.78, 5) is 22.2. The maximum absolute atomic E-state index is 11.2. The molecular formula is C12H14BrNO4S. The molecule has 0 spiro atoms. The van der Waals surface area contributed by atoms with E-state index in [1.807, 2.05) is 13.8 Å². The Kier molecular flexibility index (Phi) is 5.37. The summed E-state index contributed by atoms with van der Waals surface area (Å²) in [6.45, 7) is 5.30. The first-order valence-electron chi connectivity index (χ1n) is 5.58. The third-order valence-corrected chi connectivity index (χ3v) is 5.06. The highest BCUT2D eigenvalue weighted by atomic mass is 79.9. The molecule has 104 valence electrons. The number of nitro groups is 1. The Labute approximate surface area is 123 Å². The average molecular weight is 348 g/mol. The molecule has 0 aromatic heterocycles. The van der Waals surface area contributed by atoms with E-state index in [-0.39, 0.29) is 11.6 Å². The van der Waals surface area contributed by atoms with Gasteiger partial charge in [0.15, 0.2) is 0 Å². The zero-order chi connectivity index (χ0) is 14.7. The average Bonchev–Trinajstić information content (AvgIpc) is 2.28. The second kappa shape index (κ2) is 6.38. The number of thioether (sulfide) groups is 1. The molecule has 0 aliphatic carbocycles. The molecule has 1 aromatic rings. The van der Waals surface area contributed by atoms with E-state index in [0.29, 0.717) is 14.9 Å². The van der Waals surface area contributed by atoms with Crippen LogP contribution in [0.3, 0.4) is 0 Å². The van der Waals surface area contributed by atoms with Gasteiger partial charge in [-0.2, -0.15) is 0 Å². The third-order valence-electron chi connectivity index (χ3n) is 2.55. The number of carbonyl (C=O) groups is 1. The van der Waals surface area contributed by atoms with Crippen molar-refractivity contribution in [3.05, 3.63) is 32.3 Å². The number of nitrogens with zero attached hydrogens (tertiary/aromatic N) is 1. The van der Waals surface area contributed by atoms with Crippen LogP contribution in [0.15, 0.2) is 21.5 Å². The van der Waals surface area contributed by atoms with E-state index in [4.69, 9.17) is 5.11 Å². The van der Waals surface area contributed by atoms with Crippen molar-refractivity contribution in [2.45, 2.75) is 30.9 Å². The Balaban J connectivity index is 3.12. The van der Waals surface area contributed by atoms with Gasteiger partial charge < -0.3 is 5.11 Å². The zero-order valence-corrected chi connectivity index (χ0v) is 13.1. The van der Waals surface area contributed by atoms with Crippen molar-refractivity contribution in [2.75, 3.05) is 0 Å². The first-order valence-corrected chi connectivity index (χ1v) is 7.25. The van der Waals surface area contributed by atoms with Gasteiger partial charge in [-0.25, -0.2) is 0 Å². The van der Waals surface area contributed by atoms with Crippen molar-refractivity contribution in [3.63, 3.8) is 0 Å². The van der Waals surface area contributed by atoms with Gasteiger partial charge in [0.2, 0.25) is 0 Å². The van der Waals surface area contributed by atoms with Crippen LogP contribution < -0.4 is 0 Å². The van der Waals surface area contributed by atoms with Crippen molar-refractivity contribution in [1.82, 2.24) is 0 Å². The molecular weight excluding hydrogens is 334 g/mol. The van der Waals surface area contributed by atoms with Gasteiger partial charge >= 0.3 is 5.97 Å². The van der Waals surface area contributed by atoms with Crippen LogP contribution in [0.4, 0.5) is 5.69 Å². The van der Waals surface area contributed by atoms with Crippen LogP contribution in [0.1, 0.15) is 19.4 Å². The number of carboxylic acids is 1. The minimum atomic E-state index is -0.886. The molecule has 0 fully saturated rings. The summed E-state index contributed by atoms with van der Waals surface area (Å²) in [6.07, 6.45) is 0. The second-order valence-electron chi connectivity index (χ2n) is 4.45. The fraction of sp³-hybridized carbons (Fsp3) is 0.417. The minimum absolute atomic E-state index is 0.0210. The third kappa shape index (κ3) is 3.94. The summed E-state index contributed by atoms with van der Waals surface area (Å²) in [5.41, 5.74) is 0.538. The summed E-state index contributed by atoms with van der Waals surface area (Å²) < 4.78 is 0.543. The first kappa shape index (κ1) is 16.0. The standard InChI is InChI=1S/C12H14BrNO4S/c1-6(2)11(12(15)16)19-10-4-7(3)9(14(17)18)5-8(10)13/h4-6,11H,1-3H3,(H,15,16). The normalized spacial score (nSPS) is 12.5. The Morgan fingerprint density at radius 3 is 2.47 bits per heavy atom. The lowest BCUT2D eigenvalue weighted by molar-refractivity contribution is -0.385. The van der Waals surface area contributed by atoms with Crippen molar-refractivity contribution < 1.29 is 14.8 Å². The quantitative estimate of drug-likeness (QED) is 0.496. The van der Waals surface area contributed by atoms with E-state index >= 15 is 0 Å². The number of hydrogen-bond acceptors (Lipinski definition) is 4. The molecule has 0 aliphatic rings. The maximum Gasteiger partial charge on any atom is 0.317 e. The predicted octanol–water partition coefficient (Wildman–Crippen LogP) is 3.87. The molecule has 0 saturated carbocycles. The number of aryl methyl sites for hydroxylation is 1. The number of benzene rings is 1. The van der Waals surface area contributed by atoms with E-state index in [0.717, 1.165) is 0 Å². The summed E-state index contributed by atoms with van der Waals surface area (Å²) in [6, 6.07) is 3.06. The lowest BCUT2D eigenvalue weighted by Crippen LogP contribution is -2.22. The smallest absolute Gasteiger partial charge is 0.317 e. The first-order chi connectivity index (χ1) is 8.73. The van der Waals surface area contributed by atoms with E-state index < -0.39 is 16.1 Å². The van der Waals surface area contributed by atoms with Gasteiger partial charge in [-0.1, -0.05) is 13.8 Å². The van der Waals surface area contributed by atoms with Gasteiger partial charge in [-0.05, 0) is 34.8 Å². The summed E-state index contributed by atoms with van der Waals surface area (Å²) in [5.74, 6) is -0.923. The van der Waals surface area contributed by atoms with Crippen LogP contribution in [0.2, 0.25) is 0 Å². The Bertz CT molecular complexity index is 519. The highest BCUT2D eigenvalue weighted by molar-refractivity contribution is 9.10. The van der Waals surface area contributed by atoms with Gasteiger partial charge in [-0.15, -0.1) is 11.8 Å². The number of carboxylic acid groups (broad SMARTS) is 1. The van der Waals surface area contributed by atoms with Gasteiger partial charge in [0.25, 0.3) is 5.69 Å². The Morgan fingerprint density at radius 1 is 1.47 bits per heavy atom. The largest absolute Gasteiger partial charge is 0.480 e. The van der Waals surface area contributed by atoms with E-state index in [1.54, 1.807) is 13.0 Å². The predicted molar refractivity (Wildman–Crippen MR) is 77.7 cm³/mol. The zero-order valence-electron chi connectivity index (χ0n) is 10.7. The summed E-state index contributed by atoms with van der Waals surface area (Å²) in [7, 11) is 0. The van der Waals surface area contributed by atoms with E-state index in [2.05, 4.69) is 15.9 Å². The lowest BCUT2D eigenvalue weighted by Gasteiger charge is -2.16. The molecule has 0 aliphatic heterocycles. The van der Waals surface area contributed by atoms with Gasteiger partial charge in [-0.3, -0.25) is 14.9 Å². The molecule has 1 aromatic carbocycles. The van der Waals surface area contributed by atoms with Crippen LogP contribution in [-0.4, -0.2) is 21.2 Å². The van der Waals surface area contributed by atoms with Crippen LogP contribution in [-0.2, 0) is 4.79 Å². The minimum Gasteiger partial charge on any atom is -0.480 e. The number of rotatable bonds is 5. The molecule has 0 bridgehead atoms. The van der Waals surface area contributed by atoms with E-state index in [9.17, 15) is 14.9 Å². The highest BCUT2D eigenvalue weighted by Crippen LogP contribution is 2.37. The molecule has 0 heterocycles. The van der Waals surface area contributed by atoms with Crippen LogP contribution in [0.25, 0.3) is 0 Å². The number of nitro benzene ring substituents is 1. The topological polar surface area (TPSA) is 80.4 Å². The molecule has 0 radical (unpaired) electrons. The molecule has 5 nitrogen and oxygen atoms in total. The van der Waals surface area contributed by atoms with Crippen molar-refractivity contribution in [1.29, 1.82) is 0 Å². The number of aliphatic carboxylic acids is 1. The molecule has 0 amide bonds. The van der Waals surface area contributed by atoms with Crippen molar-refractivity contribution in [2.24, 2.45) is 5.92 Å². The van der Waals surface area contributed by atoms with Crippen LogP contribution in [0.5, 0.6) is 0 Å². The molecule has 1 atom stereocenters. The number of halogens is 1. The Morgan fingerprint density at radius 2 is 2.05 bits per heavy atom. The van der Waals surface area contributed by atoms with Gasteiger partial charge in [0.1, 0.15) is 5.25 Å². The van der Waals surface area contributed by atoms with Crippen molar-refractivity contribution >= 4 is 39.3 Å². The monoisotopic (exact) mass is 347 g/mol. The van der Waals surface area contributed by atoms with E-state index in [1.165, 1.54) is 17.8 Å². The lowest BCUT2D eigenvalue weighted by atomic mass is 10.1. The fourth-order valence-electron chi connectivity index (χ4n) is 1.54. The van der Waals surface area contributed by atoms with Crippen LogP contribution >= 0.6 is 27.7 Å². The van der Waals surface area contributed by atoms with Gasteiger partial charge in [0, 0.05) is 21.0 Å². The summed E-state index contributed by atoms with van der Waals surface area (Å²) in [5, 5.41) is 19.4. The summed E-state index contributed by atoms with van der Waals surface area (Å²) >= 11 is 4.46. The Hall–Kier alpha value is -1.08. The number of hydrogen-bond donors (Lipinski definition) is 1. The second-order valence-corrected chi connectivity index (χ2v) is 6.48. The molecule has 1 unspecified atom stereocenters. The molecule has 19 heavy (non-hydrogen) atoms. The molecule has 7 heteroatoms. The van der Waals surface area contributed by atoms with Crippen molar-refractivity contribution in [3.8, 4) is 0 Å². The molecule has 1 N–H and O–H groups in total.